The summed E-state index contributed by atoms with van der Waals surface area (Å²) >= 11 is 1.51. The molecule has 186 valence electrons. The van der Waals surface area contributed by atoms with Gasteiger partial charge in [0.1, 0.15) is 5.75 Å². The van der Waals surface area contributed by atoms with E-state index in [0.29, 0.717) is 55.3 Å². The number of hydrogen-bond donors (Lipinski definition) is 1. The summed E-state index contributed by atoms with van der Waals surface area (Å²) in [5, 5.41) is 6.77. The van der Waals surface area contributed by atoms with Crippen molar-refractivity contribution < 1.29 is 23.9 Å². The topological polar surface area (TPSA) is 91.4 Å². The average molecular weight is 499 g/mol. The number of benzene rings is 1. The molecule has 3 heterocycles. The Morgan fingerprint density at radius 3 is 2.60 bits per heavy atom. The lowest BCUT2D eigenvalue weighted by molar-refractivity contribution is -0.139. The SMILES string of the molecule is CCOC(=O)C1=C(CN2CCN(C(=O)c3cccc(OC)c3)CC2)N(C)C(=O)NC1c1ccsc1. The highest BCUT2D eigenvalue weighted by molar-refractivity contribution is 7.08. The van der Waals surface area contributed by atoms with Crippen LogP contribution in [0.25, 0.3) is 0 Å². The molecule has 4 rings (SSSR count). The number of carbonyl (C=O) groups excluding carboxylic acids is 3. The van der Waals surface area contributed by atoms with Crippen molar-refractivity contribution in [2.24, 2.45) is 0 Å². The van der Waals surface area contributed by atoms with Crippen molar-refractivity contribution in [2.45, 2.75) is 13.0 Å². The predicted molar refractivity (Wildman–Crippen MR) is 132 cm³/mol. The molecule has 0 radical (unpaired) electrons. The van der Waals surface area contributed by atoms with E-state index in [9.17, 15) is 14.4 Å². The van der Waals surface area contributed by atoms with Gasteiger partial charge in [0.2, 0.25) is 0 Å². The van der Waals surface area contributed by atoms with Crippen LogP contribution < -0.4 is 10.1 Å². The van der Waals surface area contributed by atoms with E-state index in [2.05, 4.69) is 10.2 Å². The number of piperazine rings is 1. The molecule has 0 spiro atoms. The number of carbonyl (C=O) groups is 3. The van der Waals surface area contributed by atoms with Gasteiger partial charge in [-0.3, -0.25) is 14.6 Å². The summed E-state index contributed by atoms with van der Waals surface area (Å²) in [5.41, 5.74) is 2.51. The van der Waals surface area contributed by atoms with Crippen LogP contribution in [0.15, 0.2) is 52.4 Å². The van der Waals surface area contributed by atoms with E-state index in [0.717, 1.165) is 5.56 Å². The molecular formula is C25H30N4O5S. The second kappa shape index (κ2) is 10.9. The van der Waals surface area contributed by atoms with Gasteiger partial charge in [0.05, 0.1) is 25.3 Å². The van der Waals surface area contributed by atoms with Gasteiger partial charge in [0, 0.05) is 51.0 Å². The van der Waals surface area contributed by atoms with Crippen molar-refractivity contribution in [3.8, 4) is 5.75 Å². The Balaban J connectivity index is 1.52. The van der Waals surface area contributed by atoms with E-state index in [-0.39, 0.29) is 18.5 Å². The Labute approximate surface area is 208 Å². The van der Waals surface area contributed by atoms with Gasteiger partial charge in [-0.2, -0.15) is 11.3 Å². The number of ether oxygens (including phenoxy) is 2. The molecule has 1 aromatic heterocycles. The molecule has 0 saturated carbocycles. The third kappa shape index (κ3) is 5.33. The number of nitrogens with zero attached hydrogens (tertiary/aromatic N) is 3. The Hall–Kier alpha value is -3.37. The summed E-state index contributed by atoms with van der Waals surface area (Å²) in [6.45, 7) is 4.74. The first-order valence-electron chi connectivity index (χ1n) is 11.5. The summed E-state index contributed by atoms with van der Waals surface area (Å²) in [6, 6.07) is 8.22. The maximum absolute atomic E-state index is 13.0. The summed E-state index contributed by atoms with van der Waals surface area (Å²) in [5.74, 6) is 0.172. The second-order valence-electron chi connectivity index (χ2n) is 8.38. The molecule has 1 aromatic carbocycles. The maximum Gasteiger partial charge on any atom is 0.338 e. The minimum atomic E-state index is -0.560. The first kappa shape index (κ1) is 24.7. The fraction of sp³-hybridized carbons (Fsp3) is 0.400. The number of esters is 1. The van der Waals surface area contributed by atoms with Gasteiger partial charge in [-0.25, -0.2) is 9.59 Å². The number of amides is 3. The number of thiophene rings is 1. The fourth-order valence-corrected chi connectivity index (χ4v) is 5.03. The molecule has 1 fully saturated rings. The zero-order valence-corrected chi connectivity index (χ0v) is 21.0. The molecule has 1 N–H and O–H groups in total. The van der Waals surface area contributed by atoms with Crippen LogP contribution in [-0.4, -0.2) is 86.1 Å². The molecule has 1 unspecified atom stereocenters. The minimum absolute atomic E-state index is 0.0401. The van der Waals surface area contributed by atoms with Crippen LogP contribution in [0, 0.1) is 0 Å². The van der Waals surface area contributed by atoms with E-state index in [1.807, 2.05) is 27.8 Å². The van der Waals surface area contributed by atoms with Gasteiger partial charge in [0.15, 0.2) is 0 Å². The van der Waals surface area contributed by atoms with Crippen molar-refractivity contribution in [1.82, 2.24) is 20.0 Å². The molecule has 10 heteroatoms. The Bertz CT molecular complexity index is 1110. The van der Waals surface area contributed by atoms with Gasteiger partial charge >= 0.3 is 12.0 Å². The largest absolute Gasteiger partial charge is 0.497 e. The lowest BCUT2D eigenvalue weighted by Crippen LogP contribution is -2.53. The van der Waals surface area contributed by atoms with Crippen LogP contribution >= 0.6 is 11.3 Å². The number of nitrogens with one attached hydrogen (secondary N) is 1. The normalized spacial score (nSPS) is 18.9. The molecule has 0 aliphatic carbocycles. The van der Waals surface area contributed by atoms with Crippen molar-refractivity contribution in [2.75, 3.05) is 53.5 Å². The molecule has 2 aliphatic rings. The Kier molecular flexibility index (Phi) is 7.72. The smallest absolute Gasteiger partial charge is 0.338 e. The molecular weight excluding hydrogens is 468 g/mol. The first-order valence-corrected chi connectivity index (χ1v) is 12.5. The third-order valence-corrected chi connectivity index (χ3v) is 7.00. The van der Waals surface area contributed by atoms with Crippen LogP contribution in [0.2, 0.25) is 0 Å². The van der Waals surface area contributed by atoms with Crippen LogP contribution in [-0.2, 0) is 9.53 Å². The Morgan fingerprint density at radius 1 is 1.17 bits per heavy atom. The number of rotatable bonds is 7. The molecule has 9 nitrogen and oxygen atoms in total. The monoisotopic (exact) mass is 498 g/mol. The average Bonchev–Trinajstić information content (AvgIpc) is 3.42. The summed E-state index contributed by atoms with van der Waals surface area (Å²) in [7, 11) is 3.24. The molecule has 2 aromatic rings. The summed E-state index contributed by atoms with van der Waals surface area (Å²) < 4.78 is 10.6. The number of urea groups is 1. The van der Waals surface area contributed by atoms with Crippen molar-refractivity contribution in [3.05, 3.63) is 63.5 Å². The molecule has 1 atom stereocenters. The van der Waals surface area contributed by atoms with E-state index in [1.165, 1.54) is 16.2 Å². The third-order valence-electron chi connectivity index (χ3n) is 6.30. The number of likely N-dealkylation sites (N-methyl/N-ethyl adjacent to an activating group) is 1. The molecule has 1 saturated heterocycles. The molecule has 3 amide bonds. The van der Waals surface area contributed by atoms with Crippen LogP contribution in [0.5, 0.6) is 5.75 Å². The minimum Gasteiger partial charge on any atom is -0.497 e. The van der Waals surface area contributed by atoms with E-state index >= 15 is 0 Å². The highest BCUT2D eigenvalue weighted by atomic mass is 32.1. The Morgan fingerprint density at radius 2 is 1.94 bits per heavy atom. The number of methoxy groups -OCH3 is 1. The first-order chi connectivity index (χ1) is 16.9. The second-order valence-corrected chi connectivity index (χ2v) is 9.16. The van der Waals surface area contributed by atoms with Gasteiger partial charge < -0.3 is 19.7 Å². The number of hydrogen-bond acceptors (Lipinski definition) is 7. The summed E-state index contributed by atoms with van der Waals surface area (Å²) in [4.78, 5) is 44.2. The molecule has 35 heavy (non-hydrogen) atoms. The van der Waals surface area contributed by atoms with Gasteiger partial charge in [-0.05, 0) is 47.5 Å². The van der Waals surface area contributed by atoms with Crippen LogP contribution in [0.4, 0.5) is 4.79 Å². The lowest BCUT2D eigenvalue weighted by Gasteiger charge is -2.39. The quantitative estimate of drug-likeness (QED) is 0.591. The van der Waals surface area contributed by atoms with Crippen molar-refractivity contribution in [1.29, 1.82) is 0 Å². The highest BCUT2D eigenvalue weighted by Gasteiger charge is 2.38. The zero-order chi connectivity index (χ0) is 24.9. The summed E-state index contributed by atoms with van der Waals surface area (Å²) in [6.07, 6.45) is 0. The molecule has 0 bridgehead atoms. The van der Waals surface area contributed by atoms with E-state index in [1.54, 1.807) is 39.3 Å². The highest BCUT2D eigenvalue weighted by Crippen LogP contribution is 2.32. The maximum atomic E-state index is 13.0. The predicted octanol–water partition coefficient (Wildman–Crippen LogP) is 2.73. The zero-order valence-electron chi connectivity index (χ0n) is 20.2. The van der Waals surface area contributed by atoms with Crippen LogP contribution in [0.1, 0.15) is 28.9 Å². The molecule has 2 aliphatic heterocycles. The van der Waals surface area contributed by atoms with Gasteiger partial charge in [0.25, 0.3) is 5.91 Å². The van der Waals surface area contributed by atoms with E-state index < -0.39 is 12.0 Å². The van der Waals surface area contributed by atoms with Crippen molar-refractivity contribution in [3.63, 3.8) is 0 Å². The van der Waals surface area contributed by atoms with E-state index in [4.69, 9.17) is 9.47 Å². The van der Waals surface area contributed by atoms with Gasteiger partial charge in [-0.15, -0.1) is 0 Å². The lowest BCUT2D eigenvalue weighted by atomic mass is 9.96. The van der Waals surface area contributed by atoms with Crippen LogP contribution in [0.3, 0.4) is 0 Å². The van der Waals surface area contributed by atoms with Gasteiger partial charge in [-0.1, -0.05) is 6.07 Å². The van der Waals surface area contributed by atoms with Crippen molar-refractivity contribution >= 4 is 29.2 Å². The fourth-order valence-electron chi connectivity index (χ4n) is 4.35. The standard InChI is InChI=1S/C25H30N4O5S/c1-4-34-24(31)21-20(27(2)25(32)26-22(21)18-8-13-35-16-18)15-28-9-11-29(12-10-28)23(30)17-6-5-7-19(14-17)33-3/h5-8,13-14,16,22H,4,9-12,15H2,1-3H3,(H,26,32).